The van der Waals surface area contributed by atoms with Gasteiger partial charge < -0.3 is 5.11 Å². The van der Waals surface area contributed by atoms with Crippen molar-refractivity contribution in [3.63, 3.8) is 0 Å². The molecule has 0 spiro atoms. The van der Waals surface area contributed by atoms with E-state index in [1.165, 1.54) is 6.08 Å². The molecule has 0 rings (SSSR count). The fourth-order valence-corrected chi connectivity index (χ4v) is 0.458. The third-order valence-corrected chi connectivity index (χ3v) is 1.09. The Morgan fingerprint density at radius 3 is 2.78 bits per heavy atom. The second kappa shape index (κ2) is 5.51. The smallest absolute Gasteiger partial charge is 0.142 e. The van der Waals surface area contributed by atoms with Gasteiger partial charge in [-0.15, -0.1) is 0 Å². The van der Waals surface area contributed by atoms with E-state index >= 15 is 0 Å². The SMILES string of the molecule is CCC(O)CC=CC=O. The van der Waals surface area contributed by atoms with Gasteiger partial charge in [-0.2, -0.15) is 0 Å². The molecule has 0 aromatic rings. The van der Waals surface area contributed by atoms with Crippen LogP contribution >= 0.6 is 0 Å². The molecule has 1 N–H and O–H groups in total. The highest BCUT2D eigenvalue weighted by Gasteiger charge is 1.93. The van der Waals surface area contributed by atoms with Gasteiger partial charge in [0.05, 0.1) is 6.10 Å². The second-order valence-electron chi connectivity index (χ2n) is 1.86. The Hall–Kier alpha value is -0.630. The third-order valence-electron chi connectivity index (χ3n) is 1.09. The lowest BCUT2D eigenvalue weighted by atomic mass is 10.2. The van der Waals surface area contributed by atoms with Crippen molar-refractivity contribution in [1.29, 1.82) is 0 Å². The molecule has 0 aromatic carbocycles. The van der Waals surface area contributed by atoms with Crippen LogP contribution in [0.15, 0.2) is 12.2 Å². The maximum Gasteiger partial charge on any atom is 0.142 e. The monoisotopic (exact) mass is 128 g/mol. The van der Waals surface area contributed by atoms with E-state index in [2.05, 4.69) is 0 Å². The van der Waals surface area contributed by atoms with Gasteiger partial charge in [0.15, 0.2) is 0 Å². The Balaban J connectivity index is 3.25. The maximum atomic E-state index is 9.71. The van der Waals surface area contributed by atoms with Crippen LogP contribution in [0.1, 0.15) is 19.8 Å². The summed E-state index contributed by atoms with van der Waals surface area (Å²) in [5, 5.41) is 8.92. The van der Waals surface area contributed by atoms with Gasteiger partial charge in [-0.05, 0) is 18.9 Å². The highest BCUT2D eigenvalue weighted by atomic mass is 16.3. The van der Waals surface area contributed by atoms with Crippen molar-refractivity contribution in [2.75, 3.05) is 0 Å². The van der Waals surface area contributed by atoms with Crippen LogP contribution in [0.5, 0.6) is 0 Å². The predicted molar refractivity (Wildman–Crippen MR) is 36.1 cm³/mol. The lowest BCUT2D eigenvalue weighted by Crippen LogP contribution is -2.00. The van der Waals surface area contributed by atoms with E-state index in [1.807, 2.05) is 6.92 Å². The fourth-order valence-electron chi connectivity index (χ4n) is 0.458. The van der Waals surface area contributed by atoms with Crippen molar-refractivity contribution < 1.29 is 9.90 Å². The number of carbonyl (C=O) groups excluding carboxylic acids is 1. The van der Waals surface area contributed by atoms with Gasteiger partial charge in [0, 0.05) is 0 Å². The summed E-state index contributed by atoms with van der Waals surface area (Å²) in [5.41, 5.74) is 0. The van der Waals surface area contributed by atoms with Crippen LogP contribution in [0.25, 0.3) is 0 Å². The summed E-state index contributed by atoms with van der Waals surface area (Å²) in [5.74, 6) is 0. The quantitative estimate of drug-likeness (QED) is 0.451. The number of allylic oxidation sites excluding steroid dienone is 1. The zero-order valence-corrected chi connectivity index (χ0v) is 5.58. The Morgan fingerprint density at radius 1 is 1.67 bits per heavy atom. The van der Waals surface area contributed by atoms with Gasteiger partial charge >= 0.3 is 0 Å². The number of aliphatic hydroxyl groups is 1. The van der Waals surface area contributed by atoms with E-state index in [4.69, 9.17) is 5.11 Å². The fraction of sp³-hybridized carbons (Fsp3) is 0.571. The Labute approximate surface area is 55.2 Å². The number of hydrogen-bond donors (Lipinski definition) is 1. The van der Waals surface area contributed by atoms with Gasteiger partial charge in [-0.3, -0.25) is 4.79 Å². The van der Waals surface area contributed by atoms with Crippen molar-refractivity contribution >= 4 is 6.29 Å². The lowest BCUT2D eigenvalue weighted by molar-refractivity contribution is -0.104. The van der Waals surface area contributed by atoms with Crippen LogP contribution in [0.4, 0.5) is 0 Å². The summed E-state index contributed by atoms with van der Waals surface area (Å²) in [6.07, 6.45) is 4.81. The Kier molecular flexibility index (Phi) is 5.12. The molecule has 0 radical (unpaired) electrons. The summed E-state index contributed by atoms with van der Waals surface area (Å²) in [6, 6.07) is 0. The van der Waals surface area contributed by atoms with Crippen LogP contribution < -0.4 is 0 Å². The number of aliphatic hydroxyl groups excluding tert-OH is 1. The van der Waals surface area contributed by atoms with Gasteiger partial charge in [-0.1, -0.05) is 13.0 Å². The van der Waals surface area contributed by atoms with Crippen LogP contribution in [0.2, 0.25) is 0 Å². The molecule has 1 atom stereocenters. The van der Waals surface area contributed by atoms with Crippen molar-refractivity contribution in [2.24, 2.45) is 0 Å². The van der Waals surface area contributed by atoms with Gasteiger partial charge in [0.25, 0.3) is 0 Å². The molecule has 0 saturated carbocycles. The molecule has 52 valence electrons. The van der Waals surface area contributed by atoms with E-state index in [0.29, 0.717) is 12.7 Å². The Bertz CT molecular complexity index is 97.1. The van der Waals surface area contributed by atoms with Crippen molar-refractivity contribution in [3.05, 3.63) is 12.2 Å². The molecule has 0 bridgehead atoms. The molecule has 0 aliphatic carbocycles. The van der Waals surface area contributed by atoms with Crippen molar-refractivity contribution in [1.82, 2.24) is 0 Å². The van der Waals surface area contributed by atoms with Crippen molar-refractivity contribution in [3.8, 4) is 0 Å². The Morgan fingerprint density at radius 2 is 2.33 bits per heavy atom. The van der Waals surface area contributed by atoms with Crippen LogP contribution in [0.3, 0.4) is 0 Å². The molecule has 0 amide bonds. The van der Waals surface area contributed by atoms with E-state index in [1.54, 1.807) is 6.08 Å². The number of rotatable bonds is 4. The summed E-state index contributed by atoms with van der Waals surface area (Å²) >= 11 is 0. The molecule has 1 unspecified atom stereocenters. The molecular weight excluding hydrogens is 116 g/mol. The largest absolute Gasteiger partial charge is 0.393 e. The van der Waals surface area contributed by atoms with Crippen LogP contribution in [0, 0.1) is 0 Å². The highest BCUT2D eigenvalue weighted by molar-refractivity contribution is 5.64. The van der Waals surface area contributed by atoms with Gasteiger partial charge in [0.2, 0.25) is 0 Å². The summed E-state index contributed by atoms with van der Waals surface area (Å²) in [6.45, 7) is 1.90. The first-order valence-corrected chi connectivity index (χ1v) is 3.09. The minimum absolute atomic E-state index is 0.291. The molecule has 0 fully saturated rings. The average Bonchev–Trinajstić information content (AvgIpc) is 1.89. The van der Waals surface area contributed by atoms with Gasteiger partial charge in [-0.25, -0.2) is 0 Å². The summed E-state index contributed by atoms with van der Waals surface area (Å²) in [7, 11) is 0. The predicted octanol–water partition coefficient (Wildman–Crippen LogP) is 0.902. The second-order valence-corrected chi connectivity index (χ2v) is 1.86. The van der Waals surface area contributed by atoms with Crippen LogP contribution in [-0.2, 0) is 4.79 Å². The zero-order chi connectivity index (χ0) is 7.11. The standard InChI is InChI=1S/C7H12O2/c1-2-7(9)5-3-4-6-8/h3-4,6-7,9H,2,5H2,1H3. The normalized spacial score (nSPS) is 14.0. The number of aldehydes is 1. The summed E-state index contributed by atoms with van der Waals surface area (Å²) < 4.78 is 0. The minimum Gasteiger partial charge on any atom is -0.393 e. The minimum atomic E-state index is -0.291. The summed E-state index contributed by atoms with van der Waals surface area (Å²) in [4.78, 5) is 9.71. The number of carbonyl (C=O) groups is 1. The van der Waals surface area contributed by atoms with Crippen LogP contribution in [-0.4, -0.2) is 17.5 Å². The first-order valence-electron chi connectivity index (χ1n) is 3.09. The molecule has 0 aliphatic rings. The van der Waals surface area contributed by atoms with Crippen molar-refractivity contribution in [2.45, 2.75) is 25.9 Å². The van der Waals surface area contributed by atoms with E-state index in [9.17, 15) is 4.79 Å². The molecule has 0 saturated heterocycles. The molecule has 2 heteroatoms. The zero-order valence-electron chi connectivity index (χ0n) is 5.58. The lowest BCUT2D eigenvalue weighted by Gasteiger charge is -2.00. The molecule has 0 aromatic heterocycles. The molecule has 2 nitrogen and oxygen atoms in total. The highest BCUT2D eigenvalue weighted by Crippen LogP contribution is 1.95. The first kappa shape index (κ1) is 8.37. The number of hydrogen-bond acceptors (Lipinski definition) is 2. The van der Waals surface area contributed by atoms with E-state index in [0.717, 1.165) is 6.42 Å². The van der Waals surface area contributed by atoms with Gasteiger partial charge in [0.1, 0.15) is 6.29 Å². The molecular formula is C7H12O2. The molecule has 0 heterocycles. The first-order chi connectivity index (χ1) is 4.31. The van der Waals surface area contributed by atoms with E-state index in [-0.39, 0.29) is 6.10 Å². The average molecular weight is 128 g/mol. The maximum absolute atomic E-state index is 9.71. The molecule has 0 aliphatic heterocycles. The van der Waals surface area contributed by atoms with E-state index < -0.39 is 0 Å². The topological polar surface area (TPSA) is 37.3 Å². The molecule has 9 heavy (non-hydrogen) atoms. The third kappa shape index (κ3) is 5.24.